The Hall–Kier alpha value is -1.71. The molecule has 1 N–H and O–H groups in total. The number of carbonyl (C=O) groups excluding carboxylic acids is 1. The van der Waals surface area contributed by atoms with Crippen molar-refractivity contribution in [1.29, 1.82) is 0 Å². The van der Waals surface area contributed by atoms with E-state index in [1.807, 2.05) is 0 Å². The minimum atomic E-state index is -0.0225. The van der Waals surface area contributed by atoms with Gasteiger partial charge in [-0.15, -0.1) is 0 Å². The van der Waals surface area contributed by atoms with Gasteiger partial charge in [-0.2, -0.15) is 0 Å². The normalized spacial score (nSPS) is 32.5. The summed E-state index contributed by atoms with van der Waals surface area (Å²) in [5.41, 5.74) is 1.14. The summed E-state index contributed by atoms with van der Waals surface area (Å²) < 4.78 is 10.5. The van der Waals surface area contributed by atoms with Crippen LogP contribution in [0.3, 0.4) is 0 Å². The van der Waals surface area contributed by atoms with Crippen LogP contribution in [0.1, 0.15) is 55.3 Å². The Morgan fingerprint density at radius 3 is 2.20 bits per heavy atom. The molecule has 0 atom stereocenters. The third-order valence-corrected chi connectivity index (χ3v) is 6.75. The van der Waals surface area contributed by atoms with Crippen LogP contribution in [-0.2, 0) is 0 Å². The number of nitrogens with one attached hydrogen (secondary N) is 1. The molecule has 1 aromatic rings. The van der Waals surface area contributed by atoms with Gasteiger partial charge in [-0.3, -0.25) is 4.79 Å². The van der Waals surface area contributed by atoms with E-state index in [-0.39, 0.29) is 5.91 Å². The van der Waals surface area contributed by atoms with E-state index in [2.05, 4.69) is 5.32 Å². The number of hydrogen-bond acceptors (Lipinski definition) is 3. The van der Waals surface area contributed by atoms with Gasteiger partial charge in [-0.1, -0.05) is 0 Å². The minimum Gasteiger partial charge on any atom is -0.493 e. The molecule has 4 saturated carbocycles. The fraction of sp³-hybridized carbons (Fsp3) is 0.667. The molecule has 1 aromatic carbocycles. The number of benzene rings is 1. The van der Waals surface area contributed by atoms with Crippen molar-refractivity contribution < 1.29 is 14.3 Å². The highest BCUT2D eigenvalue weighted by Crippen LogP contribution is 2.61. The van der Waals surface area contributed by atoms with E-state index in [1.54, 1.807) is 32.4 Å². The Morgan fingerprint density at radius 2 is 1.64 bits per heavy atom. The van der Waals surface area contributed by atoms with Gasteiger partial charge in [-0.05, 0) is 86.3 Å². The van der Waals surface area contributed by atoms with Crippen LogP contribution in [0.25, 0.3) is 0 Å². The van der Waals surface area contributed by atoms with Gasteiger partial charge in [0, 0.05) is 12.1 Å². The van der Waals surface area contributed by atoms with Crippen LogP contribution in [0.5, 0.6) is 11.5 Å². The van der Waals surface area contributed by atoms with Crippen molar-refractivity contribution in [3.8, 4) is 11.5 Å². The van der Waals surface area contributed by atoms with Crippen molar-refractivity contribution in [2.24, 2.45) is 23.2 Å². The first-order valence-corrected chi connectivity index (χ1v) is 9.61. The van der Waals surface area contributed by atoms with E-state index in [0.717, 1.165) is 30.7 Å². The van der Waals surface area contributed by atoms with E-state index in [1.165, 1.54) is 38.5 Å². The van der Waals surface area contributed by atoms with E-state index in [9.17, 15) is 4.79 Å². The Labute approximate surface area is 150 Å². The molecular formula is C21H29NO3. The molecule has 25 heavy (non-hydrogen) atoms. The lowest BCUT2D eigenvalue weighted by Gasteiger charge is -2.57. The topological polar surface area (TPSA) is 47.6 Å². The standard InChI is InChI=1S/C21H29NO3/c1-24-18-4-3-17(10-19(18)25-2)20(23)22-6-5-21-11-14-7-15(12-21)9-16(8-14)13-21/h3-4,10,14-16H,5-9,11-13H2,1-2H3,(H,22,23). The van der Waals surface area contributed by atoms with Crippen molar-refractivity contribution in [3.05, 3.63) is 23.8 Å². The average molecular weight is 343 g/mol. The van der Waals surface area contributed by atoms with Crippen LogP contribution in [-0.4, -0.2) is 26.7 Å². The third-order valence-electron chi connectivity index (χ3n) is 6.75. The number of rotatable bonds is 6. The quantitative estimate of drug-likeness (QED) is 0.848. The van der Waals surface area contributed by atoms with Gasteiger partial charge in [0.15, 0.2) is 11.5 Å². The van der Waals surface area contributed by atoms with Crippen LogP contribution in [0.15, 0.2) is 18.2 Å². The summed E-state index contributed by atoms with van der Waals surface area (Å²) in [5, 5.41) is 3.13. The molecule has 4 bridgehead atoms. The van der Waals surface area contributed by atoms with Gasteiger partial charge in [0.2, 0.25) is 0 Å². The Kier molecular flexibility index (Phi) is 4.38. The Bertz CT molecular complexity index is 619. The maximum absolute atomic E-state index is 12.5. The molecule has 0 radical (unpaired) electrons. The van der Waals surface area contributed by atoms with Gasteiger partial charge in [0.25, 0.3) is 5.91 Å². The molecule has 4 heteroatoms. The molecule has 0 aliphatic heterocycles. The second kappa shape index (κ2) is 6.54. The summed E-state index contributed by atoms with van der Waals surface area (Å²) in [5.74, 6) is 4.11. The third kappa shape index (κ3) is 3.23. The molecule has 4 aliphatic rings. The number of ether oxygens (including phenoxy) is 2. The predicted molar refractivity (Wildman–Crippen MR) is 97.1 cm³/mol. The lowest BCUT2D eigenvalue weighted by Crippen LogP contribution is -2.47. The lowest BCUT2D eigenvalue weighted by atomic mass is 9.49. The molecule has 0 aromatic heterocycles. The van der Waals surface area contributed by atoms with Crippen LogP contribution < -0.4 is 14.8 Å². The van der Waals surface area contributed by atoms with E-state index in [4.69, 9.17) is 9.47 Å². The highest BCUT2D eigenvalue weighted by molar-refractivity contribution is 5.94. The lowest BCUT2D eigenvalue weighted by molar-refractivity contribution is -0.0564. The molecule has 0 saturated heterocycles. The number of methoxy groups -OCH3 is 2. The SMILES string of the molecule is COc1ccc(C(=O)NCCC23CC4CC(CC(C4)C2)C3)cc1OC. The van der Waals surface area contributed by atoms with Crippen LogP contribution >= 0.6 is 0 Å². The molecule has 0 unspecified atom stereocenters. The summed E-state index contributed by atoms with van der Waals surface area (Å²) in [4.78, 5) is 12.5. The number of carbonyl (C=O) groups is 1. The number of amides is 1. The fourth-order valence-electron chi connectivity index (χ4n) is 6.12. The van der Waals surface area contributed by atoms with Crippen LogP contribution in [0.4, 0.5) is 0 Å². The second-order valence-corrected chi connectivity index (χ2v) is 8.49. The van der Waals surface area contributed by atoms with Crippen molar-refractivity contribution >= 4 is 5.91 Å². The molecule has 136 valence electrons. The predicted octanol–water partition coefficient (Wildman–Crippen LogP) is 4.04. The van der Waals surface area contributed by atoms with Crippen molar-refractivity contribution in [2.45, 2.75) is 44.9 Å². The average Bonchev–Trinajstić information content (AvgIpc) is 2.59. The van der Waals surface area contributed by atoms with Crippen molar-refractivity contribution in [2.75, 3.05) is 20.8 Å². The van der Waals surface area contributed by atoms with E-state index < -0.39 is 0 Å². The molecule has 0 heterocycles. The summed E-state index contributed by atoms with van der Waals surface area (Å²) in [6.07, 6.45) is 9.73. The highest BCUT2D eigenvalue weighted by atomic mass is 16.5. The van der Waals surface area contributed by atoms with Gasteiger partial charge >= 0.3 is 0 Å². The first kappa shape index (κ1) is 16.7. The van der Waals surface area contributed by atoms with Crippen LogP contribution in [0.2, 0.25) is 0 Å². The zero-order valence-corrected chi connectivity index (χ0v) is 15.3. The monoisotopic (exact) mass is 343 g/mol. The van der Waals surface area contributed by atoms with Crippen molar-refractivity contribution in [1.82, 2.24) is 5.32 Å². The molecular weight excluding hydrogens is 314 g/mol. The minimum absolute atomic E-state index is 0.0225. The Balaban J connectivity index is 1.35. The molecule has 4 fully saturated rings. The summed E-state index contributed by atoms with van der Waals surface area (Å²) in [6, 6.07) is 5.33. The molecule has 0 spiro atoms. The van der Waals surface area contributed by atoms with E-state index >= 15 is 0 Å². The fourth-order valence-corrected chi connectivity index (χ4v) is 6.12. The molecule has 5 rings (SSSR count). The van der Waals surface area contributed by atoms with Crippen LogP contribution in [0, 0.1) is 23.2 Å². The summed E-state index contributed by atoms with van der Waals surface area (Å²) in [6.45, 7) is 0.777. The molecule has 4 nitrogen and oxygen atoms in total. The smallest absolute Gasteiger partial charge is 0.251 e. The van der Waals surface area contributed by atoms with E-state index in [0.29, 0.717) is 22.5 Å². The Morgan fingerprint density at radius 1 is 1.04 bits per heavy atom. The zero-order valence-electron chi connectivity index (χ0n) is 15.3. The largest absolute Gasteiger partial charge is 0.493 e. The van der Waals surface area contributed by atoms with Gasteiger partial charge < -0.3 is 14.8 Å². The second-order valence-electron chi connectivity index (χ2n) is 8.49. The first-order chi connectivity index (χ1) is 12.1. The molecule has 4 aliphatic carbocycles. The zero-order chi connectivity index (χ0) is 17.4. The number of hydrogen-bond donors (Lipinski definition) is 1. The maximum atomic E-state index is 12.5. The highest BCUT2D eigenvalue weighted by Gasteiger charge is 2.50. The van der Waals surface area contributed by atoms with Gasteiger partial charge in [0.1, 0.15) is 0 Å². The van der Waals surface area contributed by atoms with Crippen molar-refractivity contribution in [3.63, 3.8) is 0 Å². The van der Waals surface area contributed by atoms with Gasteiger partial charge in [-0.25, -0.2) is 0 Å². The first-order valence-electron chi connectivity index (χ1n) is 9.61. The summed E-state index contributed by atoms with van der Waals surface area (Å²) >= 11 is 0. The maximum Gasteiger partial charge on any atom is 0.251 e. The summed E-state index contributed by atoms with van der Waals surface area (Å²) in [7, 11) is 3.19. The van der Waals surface area contributed by atoms with Gasteiger partial charge in [0.05, 0.1) is 14.2 Å². The molecule has 1 amide bonds.